The van der Waals surface area contributed by atoms with Gasteiger partial charge in [0.15, 0.2) is 0 Å². The lowest BCUT2D eigenvalue weighted by Gasteiger charge is -2.15. The maximum atomic E-state index is 13.7. The van der Waals surface area contributed by atoms with E-state index in [1.165, 1.54) is 17.0 Å². The number of carbonyl (C=O) groups excluding carboxylic acids is 2. The van der Waals surface area contributed by atoms with Crippen molar-refractivity contribution in [3.8, 4) is 5.75 Å². The van der Waals surface area contributed by atoms with Gasteiger partial charge in [-0.3, -0.25) is 14.5 Å². The third kappa shape index (κ3) is 4.95. The number of hydrogen-bond acceptors (Lipinski definition) is 4. The Morgan fingerprint density at radius 1 is 0.939 bits per heavy atom. The molecule has 0 fully saturated rings. The van der Waals surface area contributed by atoms with E-state index in [2.05, 4.69) is 5.32 Å². The van der Waals surface area contributed by atoms with Crippen molar-refractivity contribution in [3.63, 3.8) is 0 Å². The Balaban J connectivity index is 1.69. The Bertz CT molecular complexity index is 1200. The summed E-state index contributed by atoms with van der Waals surface area (Å²) in [5, 5.41) is 2.98. The molecule has 0 saturated carbocycles. The number of halogens is 1. The van der Waals surface area contributed by atoms with Crippen LogP contribution in [0.15, 0.2) is 78.5 Å². The fourth-order valence-corrected chi connectivity index (χ4v) is 3.63. The van der Waals surface area contributed by atoms with Gasteiger partial charge in [-0.05, 0) is 54.8 Å². The minimum Gasteiger partial charge on any atom is -0.494 e. The zero-order valence-electron chi connectivity index (χ0n) is 18.6. The van der Waals surface area contributed by atoms with Crippen LogP contribution in [0.5, 0.6) is 5.75 Å². The van der Waals surface area contributed by atoms with E-state index in [-0.39, 0.29) is 17.8 Å². The molecule has 0 spiro atoms. The molecule has 2 amide bonds. The summed E-state index contributed by atoms with van der Waals surface area (Å²) in [5.74, 6) is -0.602. The van der Waals surface area contributed by atoms with Gasteiger partial charge in [-0.15, -0.1) is 0 Å². The van der Waals surface area contributed by atoms with E-state index < -0.39 is 17.6 Å². The summed E-state index contributed by atoms with van der Waals surface area (Å²) in [6, 6.07) is 20.5. The molecule has 0 radical (unpaired) electrons. The number of nitrogens with one attached hydrogen (secondary N) is 1. The van der Waals surface area contributed by atoms with Gasteiger partial charge < -0.3 is 10.1 Å². The maximum absolute atomic E-state index is 13.7. The van der Waals surface area contributed by atoms with Crippen LogP contribution in [0.3, 0.4) is 0 Å². The Morgan fingerprint density at radius 3 is 2.33 bits per heavy atom. The lowest BCUT2D eigenvalue weighted by Crippen LogP contribution is -2.32. The van der Waals surface area contributed by atoms with E-state index in [0.717, 1.165) is 17.5 Å². The second-order valence-electron chi connectivity index (χ2n) is 7.94. The van der Waals surface area contributed by atoms with Crippen LogP contribution in [0, 0.1) is 12.7 Å². The predicted octanol–water partition coefficient (Wildman–Crippen LogP) is 5.32. The van der Waals surface area contributed by atoms with Crippen LogP contribution < -0.4 is 10.1 Å². The number of rotatable bonds is 8. The van der Waals surface area contributed by atoms with Crippen molar-refractivity contribution in [2.24, 2.45) is 0 Å². The zero-order chi connectivity index (χ0) is 23.4. The smallest absolute Gasteiger partial charge is 0.278 e. The summed E-state index contributed by atoms with van der Waals surface area (Å²) in [5.41, 5.74) is 3.29. The number of anilines is 1. The summed E-state index contributed by atoms with van der Waals surface area (Å²) in [7, 11) is 0. The van der Waals surface area contributed by atoms with Crippen LogP contribution >= 0.6 is 0 Å². The van der Waals surface area contributed by atoms with Crippen LogP contribution in [0.25, 0.3) is 5.57 Å². The number of aryl methyl sites for hydroxylation is 1. The number of nitrogens with zero attached hydrogens (tertiary/aromatic N) is 1. The van der Waals surface area contributed by atoms with Gasteiger partial charge in [0.25, 0.3) is 11.8 Å². The first-order valence-electron chi connectivity index (χ1n) is 10.9. The van der Waals surface area contributed by atoms with Crippen LogP contribution in [0.4, 0.5) is 10.1 Å². The van der Waals surface area contributed by atoms with E-state index >= 15 is 0 Å². The molecule has 4 rings (SSSR count). The summed E-state index contributed by atoms with van der Waals surface area (Å²) in [4.78, 5) is 28.0. The largest absolute Gasteiger partial charge is 0.494 e. The van der Waals surface area contributed by atoms with E-state index in [4.69, 9.17) is 4.74 Å². The lowest BCUT2D eigenvalue weighted by atomic mass is 10.0. The van der Waals surface area contributed by atoms with Crippen LogP contribution in [0.2, 0.25) is 0 Å². The second-order valence-corrected chi connectivity index (χ2v) is 7.94. The maximum Gasteiger partial charge on any atom is 0.278 e. The molecule has 1 N–H and O–H groups in total. The van der Waals surface area contributed by atoms with Crippen LogP contribution in [0.1, 0.15) is 30.0 Å². The van der Waals surface area contributed by atoms with E-state index in [9.17, 15) is 14.0 Å². The minimum atomic E-state index is -0.453. The molecule has 0 bridgehead atoms. The van der Waals surface area contributed by atoms with Gasteiger partial charge in [0.1, 0.15) is 17.3 Å². The fourth-order valence-electron chi connectivity index (χ4n) is 3.63. The molecule has 3 aromatic rings. The van der Waals surface area contributed by atoms with Gasteiger partial charge in [-0.25, -0.2) is 4.39 Å². The van der Waals surface area contributed by atoms with Gasteiger partial charge in [-0.1, -0.05) is 55.0 Å². The number of imide groups is 1. The van der Waals surface area contributed by atoms with Gasteiger partial charge in [0, 0.05) is 5.69 Å². The Labute approximate surface area is 192 Å². The second kappa shape index (κ2) is 9.69. The molecular weight excluding hydrogens is 419 g/mol. The van der Waals surface area contributed by atoms with Gasteiger partial charge in [0.2, 0.25) is 0 Å². The van der Waals surface area contributed by atoms with Crippen LogP contribution in [-0.2, 0) is 16.1 Å². The first-order chi connectivity index (χ1) is 16.0. The molecule has 1 aliphatic heterocycles. The Morgan fingerprint density at radius 2 is 1.67 bits per heavy atom. The van der Waals surface area contributed by atoms with Gasteiger partial charge in [0.05, 0.1) is 18.7 Å². The molecule has 3 aromatic carbocycles. The normalized spacial score (nSPS) is 13.6. The summed E-state index contributed by atoms with van der Waals surface area (Å²) in [6.07, 6.45) is 0.884. The highest BCUT2D eigenvalue weighted by molar-refractivity contribution is 6.36. The first kappa shape index (κ1) is 22.3. The molecule has 1 heterocycles. The van der Waals surface area contributed by atoms with Crippen molar-refractivity contribution in [1.29, 1.82) is 0 Å². The topological polar surface area (TPSA) is 58.6 Å². The third-order valence-corrected chi connectivity index (χ3v) is 5.34. The highest BCUT2D eigenvalue weighted by Crippen LogP contribution is 2.32. The predicted molar refractivity (Wildman–Crippen MR) is 126 cm³/mol. The molecular formula is C27H25FN2O3. The number of carbonyl (C=O) groups is 2. The highest BCUT2D eigenvalue weighted by atomic mass is 19.1. The number of ether oxygens (including phenoxy) is 1. The quantitative estimate of drug-likeness (QED) is 0.478. The summed E-state index contributed by atoms with van der Waals surface area (Å²) in [6.45, 7) is 4.74. The number of hydrogen-bond donors (Lipinski definition) is 1. The standard InChI is InChI=1S/C27H25FN2O3/c1-3-15-33-23-13-11-20(12-14-23)24-25(29-22-6-4-5-21(28)16-22)27(32)30(26(24)31)17-19-9-7-18(2)8-10-19/h4-14,16,29H,3,15,17H2,1-2H3. The molecule has 168 valence electrons. The van der Waals surface area contributed by atoms with Crippen LogP contribution in [-0.4, -0.2) is 23.3 Å². The molecule has 1 aliphatic rings. The summed E-state index contributed by atoms with van der Waals surface area (Å²) < 4.78 is 19.4. The molecule has 0 atom stereocenters. The minimum absolute atomic E-state index is 0.125. The Kier molecular flexibility index (Phi) is 6.54. The average Bonchev–Trinajstić information content (AvgIpc) is 3.03. The van der Waals surface area contributed by atoms with E-state index in [1.807, 2.05) is 38.1 Å². The number of benzene rings is 3. The van der Waals surface area contributed by atoms with Crippen molar-refractivity contribution in [2.45, 2.75) is 26.8 Å². The number of amides is 2. The first-order valence-corrected chi connectivity index (χ1v) is 10.9. The van der Waals surface area contributed by atoms with Crippen molar-refractivity contribution in [1.82, 2.24) is 4.90 Å². The molecule has 6 heteroatoms. The average molecular weight is 445 g/mol. The monoisotopic (exact) mass is 444 g/mol. The zero-order valence-corrected chi connectivity index (χ0v) is 18.6. The fraction of sp³-hybridized carbons (Fsp3) is 0.185. The Hall–Kier alpha value is -3.93. The van der Waals surface area contributed by atoms with Crippen molar-refractivity contribution >= 4 is 23.1 Å². The SMILES string of the molecule is CCCOc1ccc(C2=C(Nc3cccc(F)c3)C(=O)N(Cc3ccc(C)cc3)C2=O)cc1. The third-order valence-electron chi connectivity index (χ3n) is 5.34. The molecule has 0 aliphatic carbocycles. The van der Waals surface area contributed by atoms with Crippen molar-refractivity contribution < 1.29 is 18.7 Å². The molecule has 0 aromatic heterocycles. The molecule has 0 unspecified atom stereocenters. The van der Waals surface area contributed by atoms with E-state index in [0.29, 0.717) is 23.6 Å². The van der Waals surface area contributed by atoms with Gasteiger partial charge >= 0.3 is 0 Å². The van der Waals surface area contributed by atoms with E-state index in [1.54, 1.807) is 36.4 Å². The summed E-state index contributed by atoms with van der Waals surface area (Å²) >= 11 is 0. The molecule has 0 saturated heterocycles. The molecule has 5 nitrogen and oxygen atoms in total. The lowest BCUT2D eigenvalue weighted by molar-refractivity contribution is -0.137. The highest BCUT2D eigenvalue weighted by Gasteiger charge is 2.39. The van der Waals surface area contributed by atoms with Gasteiger partial charge in [-0.2, -0.15) is 0 Å². The van der Waals surface area contributed by atoms with Crippen molar-refractivity contribution in [3.05, 3.63) is 101 Å². The van der Waals surface area contributed by atoms with Crippen molar-refractivity contribution in [2.75, 3.05) is 11.9 Å². The molecule has 33 heavy (non-hydrogen) atoms.